The molecule has 1 heterocycles. The molecule has 9 nitrogen and oxygen atoms in total. The number of aromatic nitrogens is 1. The molecule has 2 aliphatic carbocycles. The van der Waals surface area contributed by atoms with E-state index in [9.17, 15) is 34.4 Å². The zero-order valence-electron chi connectivity index (χ0n) is 19.8. The van der Waals surface area contributed by atoms with Gasteiger partial charge < -0.3 is 26.2 Å². The highest BCUT2D eigenvalue weighted by atomic mass is 35.5. The van der Waals surface area contributed by atoms with Gasteiger partial charge in [-0.15, -0.1) is 0 Å². The van der Waals surface area contributed by atoms with Crippen molar-refractivity contribution in [3.63, 3.8) is 0 Å². The molecular weight excluding hydrogens is 540 g/mol. The van der Waals surface area contributed by atoms with Crippen molar-refractivity contribution in [2.45, 2.75) is 31.8 Å². The van der Waals surface area contributed by atoms with E-state index in [1.807, 2.05) is 0 Å². The predicted octanol–water partition coefficient (Wildman–Crippen LogP) is 4.04. The van der Waals surface area contributed by atoms with Crippen molar-refractivity contribution < 1.29 is 34.4 Å². The van der Waals surface area contributed by atoms with Gasteiger partial charge in [-0.1, -0.05) is 48.5 Å². The maximum Gasteiger partial charge on any atom is 0.377 e. The summed E-state index contributed by atoms with van der Waals surface area (Å²) in [5.41, 5.74) is 4.93. The average molecular weight is 564 g/mol. The summed E-state index contributed by atoms with van der Waals surface area (Å²) in [6.45, 7) is 0. The molecule has 38 heavy (non-hydrogen) atoms. The van der Waals surface area contributed by atoms with Crippen LogP contribution in [0.3, 0.4) is 0 Å². The first kappa shape index (κ1) is 27.7. The number of primary amides is 1. The van der Waals surface area contributed by atoms with Crippen LogP contribution in [0.25, 0.3) is 11.1 Å². The minimum atomic E-state index is -3.89. The number of nitrogens with zero attached hydrogens (tertiary/aromatic N) is 2. The number of carbonyl (C=O) groups is 2. The molecule has 0 radical (unpaired) electrons. The second-order valence-electron chi connectivity index (χ2n) is 9.15. The van der Waals surface area contributed by atoms with E-state index in [4.69, 9.17) is 28.9 Å². The Morgan fingerprint density at radius 2 is 1.74 bits per heavy atom. The van der Waals surface area contributed by atoms with Crippen LogP contribution in [0.4, 0.5) is 10.2 Å². The van der Waals surface area contributed by atoms with Crippen LogP contribution in [-0.2, 0) is 0 Å². The molecule has 0 saturated heterocycles. The van der Waals surface area contributed by atoms with E-state index in [0.29, 0.717) is 0 Å². The summed E-state index contributed by atoms with van der Waals surface area (Å²) in [5.74, 6) is -2.61. The predicted molar refractivity (Wildman–Crippen MR) is 138 cm³/mol. The summed E-state index contributed by atoms with van der Waals surface area (Å²) >= 11 is 12.0. The maximum atomic E-state index is 14.2. The maximum absolute atomic E-state index is 14.2. The summed E-state index contributed by atoms with van der Waals surface area (Å²) < 4.78 is 14.2. The second kappa shape index (κ2) is 10.8. The number of hydrogen-bond donors (Lipinski definition) is 5. The number of hydrogen-bond acceptors (Lipinski definition) is 7. The monoisotopic (exact) mass is 563 g/mol. The Labute approximate surface area is 226 Å². The first-order valence-electron chi connectivity index (χ1n) is 11.6. The van der Waals surface area contributed by atoms with E-state index in [2.05, 4.69) is 4.98 Å². The second-order valence-corrected chi connectivity index (χ2v) is 9.96. The molecule has 12 heteroatoms. The first-order chi connectivity index (χ1) is 17.9. The number of halogens is 3. The van der Waals surface area contributed by atoms with Crippen LogP contribution in [-0.4, -0.2) is 43.3 Å². The van der Waals surface area contributed by atoms with Crippen molar-refractivity contribution in [2.75, 3.05) is 4.90 Å². The van der Waals surface area contributed by atoms with Crippen LogP contribution < -0.4 is 10.6 Å². The summed E-state index contributed by atoms with van der Waals surface area (Å²) in [6, 6.07) is 8.37. The van der Waals surface area contributed by atoms with Gasteiger partial charge in [0.25, 0.3) is 5.91 Å². The minimum absolute atomic E-state index is 0.110. The fourth-order valence-electron chi connectivity index (χ4n) is 4.51. The fourth-order valence-corrected chi connectivity index (χ4v) is 4.98. The van der Waals surface area contributed by atoms with Gasteiger partial charge >= 0.3 is 6.10 Å². The van der Waals surface area contributed by atoms with Crippen LogP contribution >= 0.6 is 23.2 Å². The van der Waals surface area contributed by atoms with E-state index in [-0.39, 0.29) is 26.6 Å². The van der Waals surface area contributed by atoms with Crippen molar-refractivity contribution in [1.29, 1.82) is 0 Å². The molecule has 0 bridgehead atoms. The summed E-state index contributed by atoms with van der Waals surface area (Å²) in [7, 11) is 0. The molecule has 0 spiro atoms. The zero-order valence-corrected chi connectivity index (χ0v) is 21.3. The zero-order chi connectivity index (χ0) is 27.8. The number of benzene rings is 2. The Morgan fingerprint density at radius 3 is 2.24 bits per heavy atom. The Morgan fingerprint density at radius 1 is 1.05 bits per heavy atom. The Hall–Kier alpha value is -3.28. The number of carbonyl (C=O) groups excluding carboxylic acids is 2. The standard InChI is InChI=1S/C20H14Cl2FN3O6.C6H10/c21-12-5-4-9(17(24)28)6-11(12)10-7-15(27)18(25-8-10)26(20(30,31)32)19(29)16-13(22)2-1-3-14(16)23;1-2-5-4-6(5)3-1/h1-8,27,30-32H,(H2,24,28);5-6H,1-4H2/t;5-,6+. The number of amides is 2. The average Bonchev–Trinajstić information content (AvgIpc) is 3.44. The lowest BCUT2D eigenvalue weighted by atomic mass is 10.0. The quantitative estimate of drug-likeness (QED) is 0.293. The summed E-state index contributed by atoms with van der Waals surface area (Å²) in [4.78, 5) is 27.8. The molecule has 2 aliphatic rings. The highest BCUT2D eigenvalue weighted by Gasteiger charge is 2.41. The molecule has 3 aromatic rings. The van der Waals surface area contributed by atoms with Crippen LogP contribution in [0, 0.1) is 17.7 Å². The first-order valence-corrected chi connectivity index (χ1v) is 12.4. The Bertz CT molecular complexity index is 1370. The van der Waals surface area contributed by atoms with Crippen molar-refractivity contribution >= 4 is 40.8 Å². The van der Waals surface area contributed by atoms with Gasteiger partial charge in [-0.2, -0.15) is 0 Å². The lowest BCUT2D eigenvalue weighted by molar-refractivity contribution is -0.304. The molecule has 2 saturated carbocycles. The van der Waals surface area contributed by atoms with Crippen molar-refractivity contribution in [3.8, 4) is 16.9 Å². The number of fused-ring (bicyclic) bond motifs is 1. The third kappa shape index (κ3) is 5.90. The molecular formula is C26H24Cl2FN3O6. The molecule has 0 aliphatic heterocycles. The SMILES string of the molecule is C1C[C@@H]2C[C@@H]2C1.NC(=O)c1ccc(Cl)c(-c2cnc(N(C(=O)c3c(F)cccc3Cl)C(O)(O)O)c(O)c2)c1. The van der Waals surface area contributed by atoms with Gasteiger partial charge in [0.05, 0.1) is 10.6 Å². The number of rotatable bonds is 5. The van der Waals surface area contributed by atoms with E-state index < -0.39 is 45.9 Å². The van der Waals surface area contributed by atoms with Crippen LogP contribution in [0.1, 0.15) is 46.4 Å². The Kier molecular flexibility index (Phi) is 7.91. The molecule has 2 aromatic carbocycles. The third-order valence-corrected chi connectivity index (χ3v) is 7.16. The number of nitrogens with two attached hydrogens (primary N) is 1. The fraction of sp³-hybridized carbons (Fsp3) is 0.269. The highest BCUT2D eigenvalue weighted by molar-refractivity contribution is 6.34. The van der Waals surface area contributed by atoms with E-state index in [1.165, 1.54) is 42.5 Å². The smallest absolute Gasteiger partial charge is 0.377 e. The summed E-state index contributed by atoms with van der Waals surface area (Å²) in [6.07, 6.45) is 3.40. The Balaban J connectivity index is 0.000000483. The van der Waals surface area contributed by atoms with Gasteiger partial charge in [0, 0.05) is 27.9 Å². The van der Waals surface area contributed by atoms with Crippen molar-refractivity contribution in [1.82, 2.24) is 4.98 Å². The van der Waals surface area contributed by atoms with Crippen LogP contribution in [0.2, 0.25) is 10.0 Å². The molecule has 1 aromatic heterocycles. The van der Waals surface area contributed by atoms with Gasteiger partial charge in [0.2, 0.25) is 5.91 Å². The number of aromatic hydroxyl groups is 1. The topological polar surface area (TPSA) is 157 Å². The molecule has 200 valence electrons. The molecule has 2 fully saturated rings. The van der Waals surface area contributed by atoms with Gasteiger partial charge in [-0.3, -0.25) is 9.59 Å². The molecule has 5 rings (SSSR count). The largest absolute Gasteiger partial charge is 0.504 e. The lowest BCUT2D eigenvalue weighted by Gasteiger charge is -2.30. The van der Waals surface area contributed by atoms with Crippen molar-refractivity contribution in [2.24, 2.45) is 17.6 Å². The van der Waals surface area contributed by atoms with E-state index >= 15 is 0 Å². The molecule has 2 atom stereocenters. The van der Waals surface area contributed by atoms with E-state index in [0.717, 1.165) is 24.4 Å². The minimum Gasteiger partial charge on any atom is -0.504 e. The summed E-state index contributed by atoms with van der Waals surface area (Å²) in [5, 5.41) is 39.4. The number of aliphatic hydroxyl groups is 3. The van der Waals surface area contributed by atoms with Crippen LogP contribution in [0.5, 0.6) is 5.75 Å². The lowest BCUT2D eigenvalue weighted by Crippen LogP contribution is -2.53. The van der Waals surface area contributed by atoms with Crippen molar-refractivity contribution in [3.05, 3.63) is 75.7 Å². The van der Waals surface area contributed by atoms with Gasteiger partial charge in [0.1, 0.15) is 5.82 Å². The number of pyridine rings is 1. The molecule has 0 unspecified atom stereocenters. The van der Waals surface area contributed by atoms with Gasteiger partial charge in [0.15, 0.2) is 11.6 Å². The number of anilines is 1. The highest BCUT2D eigenvalue weighted by Crippen LogP contribution is 2.51. The van der Waals surface area contributed by atoms with E-state index in [1.54, 1.807) is 19.3 Å². The van der Waals surface area contributed by atoms with Gasteiger partial charge in [-0.05, 0) is 54.7 Å². The molecule has 6 N–H and O–H groups in total. The third-order valence-electron chi connectivity index (χ3n) is 6.52. The van der Waals surface area contributed by atoms with Crippen LogP contribution in [0.15, 0.2) is 48.7 Å². The molecule has 2 amide bonds. The normalized spacial score (nSPS) is 17.7. The van der Waals surface area contributed by atoms with Gasteiger partial charge in [-0.25, -0.2) is 14.3 Å².